The van der Waals surface area contributed by atoms with Crippen molar-refractivity contribution in [2.75, 3.05) is 31.1 Å². The molecule has 3 aliphatic rings. The van der Waals surface area contributed by atoms with Crippen molar-refractivity contribution in [2.24, 2.45) is 4.99 Å². The highest BCUT2D eigenvalue weighted by Gasteiger charge is 2.54. The molecule has 1 aromatic carbocycles. The molecule has 5 nitrogen and oxygen atoms in total. The monoisotopic (exact) mass is 372 g/mol. The first kappa shape index (κ1) is 18.4. The van der Waals surface area contributed by atoms with Crippen molar-refractivity contribution < 1.29 is 9.18 Å². The van der Waals surface area contributed by atoms with Crippen LogP contribution in [0.2, 0.25) is 0 Å². The average molecular weight is 372 g/mol. The van der Waals surface area contributed by atoms with Gasteiger partial charge < -0.3 is 9.80 Å². The zero-order valence-corrected chi connectivity index (χ0v) is 16.3. The molecule has 0 N–H and O–H groups in total. The van der Waals surface area contributed by atoms with Gasteiger partial charge in [-0.2, -0.15) is 4.99 Å². The maximum Gasteiger partial charge on any atom is 0.350 e. The van der Waals surface area contributed by atoms with Crippen LogP contribution in [0.5, 0.6) is 0 Å². The summed E-state index contributed by atoms with van der Waals surface area (Å²) < 4.78 is 14.0. The molecule has 3 aliphatic heterocycles. The Morgan fingerprint density at radius 1 is 1.22 bits per heavy atom. The fourth-order valence-corrected chi connectivity index (χ4v) is 5.12. The number of aliphatic imine (C=N–C) groups is 1. The first-order valence-corrected chi connectivity index (χ1v) is 10.2. The third-order valence-corrected chi connectivity index (χ3v) is 6.43. The first-order valence-electron chi connectivity index (χ1n) is 10.2. The van der Waals surface area contributed by atoms with Gasteiger partial charge in [0, 0.05) is 31.4 Å². The highest BCUT2D eigenvalue weighted by molar-refractivity contribution is 6.16. The Morgan fingerprint density at radius 2 is 2.00 bits per heavy atom. The maximum absolute atomic E-state index is 14.0. The van der Waals surface area contributed by atoms with Crippen LogP contribution in [0.25, 0.3) is 0 Å². The van der Waals surface area contributed by atoms with Gasteiger partial charge in [0.25, 0.3) is 0 Å². The van der Waals surface area contributed by atoms with Crippen LogP contribution in [0.15, 0.2) is 29.3 Å². The quantitative estimate of drug-likeness (QED) is 0.791. The van der Waals surface area contributed by atoms with Gasteiger partial charge in [0.05, 0.1) is 0 Å². The van der Waals surface area contributed by atoms with Crippen LogP contribution in [-0.4, -0.2) is 59.4 Å². The van der Waals surface area contributed by atoms with Crippen molar-refractivity contribution in [2.45, 2.75) is 57.5 Å². The Balaban J connectivity index is 1.76. The summed E-state index contributed by atoms with van der Waals surface area (Å²) in [6.07, 6.45) is 5.18. The van der Waals surface area contributed by atoms with Gasteiger partial charge in [0.1, 0.15) is 17.2 Å². The van der Waals surface area contributed by atoms with Crippen molar-refractivity contribution in [3.8, 4) is 0 Å². The fourth-order valence-electron chi connectivity index (χ4n) is 5.12. The van der Waals surface area contributed by atoms with E-state index in [4.69, 9.17) is 0 Å². The lowest BCUT2D eigenvalue weighted by molar-refractivity contribution is 0.131. The smallest absolute Gasteiger partial charge is 0.350 e. The van der Waals surface area contributed by atoms with Crippen LogP contribution in [0, 0.1) is 5.82 Å². The van der Waals surface area contributed by atoms with Gasteiger partial charge in [0.2, 0.25) is 0 Å². The van der Waals surface area contributed by atoms with E-state index in [1.165, 1.54) is 18.6 Å². The van der Waals surface area contributed by atoms with Crippen LogP contribution in [-0.2, 0) is 0 Å². The number of anilines is 1. The van der Waals surface area contributed by atoms with Crippen LogP contribution >= 0.6 is 0 Å². The number of carbonyl (C=O) groups is 1. The van der Waals surface area contributed by atoms with E-state index in [1.54, 1.807) is 11.0 Å². The molecule has 0 bridgehead atoms. The number of rotatable bonds is 2. The van der Waals surface area contributed by atoms with E-state index in [2.05, 4.69) is 28.6 Å². The number of amidine groups is 1. The minimum atomic E-state index is -0.465. The molecule has 0 unspecified atom stereocenters. The summed E-state index contributed by atoms with van der Waals surface area (Å²) in [6.45, 7) is 8.24. The van der Waals surface area contributed by atoms with Crippen molar-refractivity contribution in [3.05, 3.63) is 30.1 Å². The second-order valence-electron chi connectivity index (χ2n) is 8.04. The number of carbonyl (C=O) groups excluding carboxylic acids is 1. The SMILES string of the molecule is CCN1CC[C@@]2(C[C@@H]1C)C(N1CCCCC1)=NC(=O)N2c1cccc(F)c1. The Morgan fingerprint density at radius 3 is 2.67 bits per heavy atom. The molecule has 0 saturated carbocycles. The van der Waals surface area contributed by atoms with E-state index in [1.807, 2.05) is 6.07 Å². The van der Waals surface area contributed by atoms with Crippen molar-refractivity contribution in [1.29, 1.82) is 0 Å². The molecule has 2 atom stereocenters. The number of benzene rings is 1. The maximum atomic E-state index is 14.0. The molecule has 0 radical (unpaired) electrons. The van der Waals surface area contributed by atoms with Crippen molar-refractivity contribution in [3.63, 3.8) is 0 Å². The summed E-state index contributed by atoms with van der Waals surface area (Å²) in [5, 5.41) is 0. The van der Waals surface area contributed by atoms with E-state index in [0.717, 1.165) is 57.7 Å². The summed E-state index contributed by atoms with van der Waals surface area (Å²) in [7, 11) is 0. The van der Waals surface area contributed by atoms with Gasteiger partial charge in [0.15, 0.2) is 0 Å². The number of piperidine rings is 2. The van der Waals surface area contributed by atoms with Crippen molar-refractivity contribution >= 4 is 17.6 Å². The first-order chi connectivity index (χ1) is 13.0. The summed E-state index contributed by atoms with van der Waals surface area (Å²) in [5.74, 6) is 0.597. The molecule has 2 amide bonds. The predicted molar refractivity (Wildman–Crippen MR) is 106 cm³/mol. The summed E-state index contributed by atoms with van der Waals surface area (Å²) in [6, 6.07) is 6.49. The number of nitrogens with zero attached hydrogens (tertiary/aromatic N) is 4. The van der Waals surface area contributed by atoms with E-state index in [-0.39, 0.29) is 11.8 Å². The van der Waals surface area contributed by atoms with E-state index >= 15 is 0 Å². The lowest BCUT2D eigenvalue weighted by atomic mass is 9.80. The van der Waals surface area contributed by atoms with Gasteiger partial charge in [-0.25, -0.2) is 9.18 Å². The topological polar surface area (TPSA) is 39.1 Å². The normalized spacial score (nSPS) is 29.5. The van der Waals surface area contributed by atoms with Crippen LogP contribution < -0.4 is 4.90 Å². The van der Waals surface area contributed by atoms with E-state index in [0.29, 0.717) is 11.7 Å². The minimum Gasteiger partial charge on any atom is -0.358 e. The van der Waals surface area contributed by atoms with Gasteiger partial charge >= 0.3 is 6.03 Å². The van der Waals surface area contributed by atoms with Gasteiger partial charge in [-0.15, -0.1) is 0 Å². The largest absolute Gasteiger partial charge is 0.358 e. The van der Waals surface area contributed by atoms with E-state index < -0.39 is 5.54 Å². The third kappa shape index (κ3) is 3.14. The number of hydrogen-bond donors (Lipinski definition) is 0. The molecule has 1 spiro atoms. The number of urea groups is 1. The molecule has 3 heterocycles. The number of likely N-dealkylation sites (tertiary alicyclic amines) is 2. The van der Waals surface area contributed by atoms with Crippen molar-refractivity contribution in [1.82, 2.24) is 9.80 Å². The van der Waals surface area contributed by atoms with Crippen LogP contribution in [0.4, 0.5) is 14.9 Å². The lowest BCUT2D eigenvalue weighted by Gasteiger charge is -2.50. The number of amides is 2. The predicted octanol–water partition coefficient (Wildman–Crippen LogP) is 3.89. The standard InChI is InChI=1S/C21H29FN4O/c1-3-24-13-10-21(15-16(24)2)19(25-11-5-4-6-12-25)23-20(27)26(21)18-9-7-8-17(22)14-18/h7-9,14,16H,3-6,10-13,15H2,1-2H3/t16-,21+/m0/s1. The summed E-state index contributed by atoms with van der Waals surface area (Å²) in [4.78, 5) is 24.1. The summed E-state index contributed by atoms with van der Waals surface area (Å²) >= 11 is 0. The molecule has 2 fully saturated rings. The molecule has 1 aromatic rings. The Bertz CT molecular complexity index is 745. The second kappa shape index (κ2) is 7.23. The van der Waals surface area contributed by atoms with Gasteiger partial charge in [-0.05, 0) is 63.8 Å². The Hall–Kier alpha value is -1.95. The molecular weight excluding hydrogens is 343 g/mol. The van der Waals surface area contributed by atoms with Gasteiger partial charge in [-0.3, -0.25) is 4.90 Å². The van der Waals surface area contributed by atoms with Crippen LogP contribution in [0.3, 0.4) is 0 Å². The highest BCUT2D eigenvalue weighted by atomic mass is 19.1. The molecule has 2 saturated heterocycles. The molecule has 6 heteroatoms. The molecule has 0 aliphatic carbocycles. The number of hydrogen-bond acceptors (Lipinski definition) is 3. The van der Waals surface area contributed by atoms with Crippen LogP contribution in [0.1, 0.15) is 46.0 Å². The fraction of sp³-hybridized carbons (Fsp3) is 0.619. The lowest BCUT2D eigenvalue weighted by Crippen LogP contribution is -2.63. The van der Waals surface area contributed by atoms with Gasteiger partial charge in [-0.1, -0.05) is 13.0 Å². The molecular formula is C21H29FN4O. The average Bonchev–Trinajstić information content (AvgIpc) is 2.94. The molecule has 0 aromatic heterocycles. The molecule has 146 valence electrons. The molecule has 27 heavy (non-hydrogen) atoms. The third-order valence-electron chi connectivity index (χ3n) is 6.43. The van der Waals surface area contributed by atoms with E-state index in [9.17, 15) is 9.18 Å². The zero-order valence-electron chi connectivity index (χ0n) is 16.3. The number of halogens is 1. The zero-order chi connectivity index (χ0) is 19.0. The minimum absolute atomic E-state index is 0.252. The summed E-state index contributed by atoms with van der Waals surface area (Å²) in [5.41, 5.74) is 0.153. The Labute approximate surface area is 160 Å². The second-order valence-corrected chi connectivity index (χ2v) is 8.04. The Kier molecular flexibility index (Phi) is 4.93. The highest BCUT2D eigenvalue weighted by Crippen LogP contribution is 2.42. The molecule has 4 rings (SSSR count).